The standard InChI is InChI=1S/C17H9F4NO/c1-9(11-8-4-6-10-5-2-3-7-12(10)11)23-15-13(18)16(20)22-17(21)14(15)19/h2-8H,1H2. The first-order valence-corrected chi connectivity index (χ1v) is 6.54. The van der Waals surface area contributed by atoms with Gasteiger partial charge in [-0.2, -0.15) is 22.5 Å². The van der Waals surface area contributed by atoms with Crippen molar-refractivity contribution < 1.29 is 22.3 Å². The molecule has 0 saturated heterocycles. The summed E-state index contributed by atoms with van der Waals surface area (Å²) in [5, 5.41) is 1.57. The second-order valence-corrected chi connectivity index (χ2v) is 4.70. The molecule has 0 aliphatic rings. The summed E-state index contributed by atoms with van der Waals surface area (Å²) in [4.78, 5) is 2.47. The van der Waals surface area contributed by atoms with Gasteiger partial charge >= 0.3 is 0 Å². The molecule has 0 unspecified atom stereocenters. The fourth-order valence-corrected chi connectivity index (χ4v) is 2.20. The van der Waals surface area contributed by atoms with Crippen molar-refractivity contribution in [3.63, 3.8) is 0 Å². The van der Waals surface area contributed by atoms with E-state index in [0.29, 0.717) is 5.56 Å². The Balaban J connectivity index is 2.06. The maximum Gasteiger partial charge on any atom is 0.255 e. The lowest BCUT2D eigenvalue weighted by atomic mass is 10.0. The van der Waals surface area contributed by atoms with Crippen molar-refractivity contribution in [2.45, 2.75) is 0 Å². The molecule has 6 heteroatoms. The molecule has 0 bridgehead atoms. The van der Waals surface area contributed by atoms with Crippen LogP contribution in [0.1, 0.15) is 5.56 Å². The van der Waals surface area contributed by atoms with Crippen LogP contribution in [0.15, 0.2) is 49.0 Å². The van der Waals surface area contributed by atoms with E-state index >= 15 is 0 Å². The first kappa shape index (κ1) is 15.0. The van der Waals surface area contributed by atoms with Gasteiger partial charge in [0.1, 0.15) is 5.76 Å². The Bertz CT molecular complexity index is 892. The minimum atomic E-state index is -1.79. The summed E-state index contributed by atoms with van der Waals surface area (Å²) < 4.78 is 58.5. The number of ether oxygens (including phenoxy) is 1. The summed E-state index contributed by atoms with van der Waals surface area (Å²) in [6.45, 7) is 3.59. The van der Waals surface area contributed by atoms with Gasteiger partial charge in [0, 0.05) is 5.56 Å². The third-order valence-corrected chi connectivity index (χ3v) is 3.27. The fourth-order valence-electron chi connectivity index (χ4n) is 2.20. The van der Waals surface area contributed by atoms with Crippen LogP contribution in [0.25, 0.3) is 16.5 Å². The number of fused-ring (bicyclic) bond motifs is 1. The van der Waals surface area contributed by atoms with Crippen LogP contribution in [0.4, 0.5) is 17.6 Å². The van der Waals surface area contributed by atoms with E-state index in [1.165, 1.54) is 0 Å². The molecule has 23 heavy (non-hydrogen) atoms. The molecule has 0 fully saturated rings. The van der Waals surface area contributed by atoms with Crippen molar-refractivity contribution in [2.75, 3.05) is 0 Å². The quantitative estimate of drug-likeness (QED) is 0.391. The maximum atomic E-state index is 13.6. The molecule has 2 aromatic carbocycles. The monoisotopic (exact) mass is 319 g/mol. The smallest absolute Gasteiger partial charge is 0.255 e. The zero-order valence-corrected chi connectivity index (χ0v) is 11.6. The SMILES string of the molecule is C=C(Oc1c(F)c(F)nc(F)c1F)c1cccc2ccccc12. The average molecular weight is 319 g/mol. The highest BCUT2D eigenvalue weighted by atomic mass is 19.2. The van der Waals surface area contributed by atoms with Crippen molar-refractivity contribution in [3.05, 3.63) is 78.1 Å². The van der Waals surface area contributed by atoms with Crippen LogP contribution >= 0.6 is 0 Å². The predicted octanol–water partition coefficient (Wildman–Crippen LogP) is 4.84. The minimum absolute atomic E-state index is 0.149. The zero-order chi connectivity index (χ0) is 16.6. The Morgan fingerprint density at radius 3 is 2.17 bits per heavy atom. The number of hydrogen-bond donors (Lipinski definition) is 0. The lowest BCUT2D eigenvalue weighted by molar-refractivity contribution is 0.352. The van der Waals surface area contributed by atoms with Crippen LogP contribution in [-0.2, 0) is 0 Å². The van der Waals surface area contributed by atoms with E-state index in [1.807, 2.05) is 18.2 Å². The molecular weight excluding hydrogens is 310 g/mol. The van der Waals surface area contributed by atoms with Crippen molar-refractivity contribution in [2.24, 2.45) is 0 Å². The van der Waals surface area contributed by atoms with Crippen LogP contribution in [0.2, 0.25) is 0 Å². The molecule has 1 heterocycles. The molecule has 0 N–H and O–H groups in total. The van der Waals surface area contributed by atoms with E-state index in [1.54, 1.807) is 24.3 Å². The van der Waals surface area contributed by atoms with Gasteiger partial charge in [-0.3, -0.25) is 0 Å². The third-order valence-electron chi connectivity index (χ3n) is 3.27. The van der Waals surface area contributed by atoms with Gasteiger partial charge in [0.05, 0.1) is 0 Å². The van der Waals surface area contributed by atoms with Crippen molar-refractivity contribution in [1.82, 2.24) is 4.98 Å². The Hall–Kier alpha value is -2.89. The molecule has 0 amide bonds. The van der Waals surface area contributed by atoms with Gasteiger partial charge in [0.15, 0.2) is 0 Å². The van der Waals surface area contributed by atoms with Gasteiger partial charge in [0.2, 0.25) is 17.4 Å². The molecule has 0 spiro atoms. The van der Waals surface area contributed by atoms with E-state index in [-0.39, 0.29) is 5.76 Å². The van der Waals surface area contributed by atoms with Gasteiger partial charge in [-0.1, -0.05) is 49.0 Å². The van der Waals surface area contributed by atoms with E-state index in [2.05, 4.69) is 11.6 Å². The van der Waals surface area contributed by atoms with Crippen LogP contribution < -0.4 is 4.74 Å². The molecule has 116 valence electrons. The maximum absolute atomic E-state index is 13.6. The second kappa shape index (κ2) is 5.72. The number of benzene rings is 2. The van der Waals surface area contributed by atoms with E-state index < -0.39 is 29.3 Å². The number of aromatic nitrogens is 1. The van der Waals surface area contributed by atoms with E-state index in [9.17, 15) is 17.6 Å². The highest BCUT2D eigenvalue weighted by Crippen LogP contribution is 2.31. The molecule has 0 aliphatic heterocycles. The summed E-state index contributed by atoms with van der Waals surface area (Å²) >= 11 is 0. The molecule has 3 rings (SSSR count). The molecule has 0 aliphatic carbocycles. The number of nitrogens with zero attached hydrogens (tertiary/aromatic N) is 1. The fraction of sp³-hybridized carbons (Fsp3) is 0. The molecule has 1 aromatic heterocycles. The van der Waals surface area contributed by atoms with Gasteiger partial charge in [-0.25, -0.2) is 0 Å². The van der Waals surface area contributed by atoms with Crippen LogP contribution in [0.3, 0.4) is 0 Å². The summed E-state index contributed by atoms with van der Waals surface area (Å²) in [6, 6.07) is 12.3. The average Bonchev–Trinajstić information content (AvgIpc) is 2.56. The number of halogens is 4. The van der Waals surface area contributed by atoms with E-state index in [0.717, 1.165) is 10.8 Å². The zero-order valence-electron chi connectivity index (χ0n) is 11.6. The highest BCUT2D eigenvalue weighted by Gasteiger charge is 2.23. The molecule has 0 radical (unpaired) electrons. The summed E-state index contributed by atoms with van der Waals surface area (Å²) in [5.74, 6) is -8.37. The van der Waals surface area contributed by atoms with Gasteiger partial charge in [-0.05, 0) is 10.8 Å². The van der Waals surface area contributed by atoms with Crippen LogP contribution in [0, 0.1) is 23.5 Å². The Morgan fingerprint density at radius 1 is 0.870 bits per heavy atom. The normalized spacial score (nSPS) is 10.8. The molecule has 0 saturated carbocycles. The first-order chi connectivity index (χ1) is 11.0. The molecule has 0 atom stereocenters. The largest absolute Gasteiger partial charge is 0.451 e. The highest BCUT2D eigenvalue weighted by molar-refractivity contribution is 5.92. The lowest BCUT2D eigenvalue weighted by Gasteiger charge is -2.13. The Morgan fingerprint density at radius 2 is 1.48 bits per heavy atom. The predicted molar refractivity (Wildman–Crippen MR) is 77.7 cm³/mol. The van der Waals surface area contributed by atoms with Crippen LogP contribution in [0.5, 0.6) is 5.75 Å². The van der Waals surface area contributed by atoms with Crippen molar-refractivity contribution in [3.8, 4) is 5.75 Å². The summed E-state index contributed by atoms with van der Waals surface area (Å²) in [6.07, 6.45) is 0. The number of hydrogen-bond acceptors (Lipinski definition) is 2. The first-order valence-electron chi connectivity index (χ1n) is 6.54. The third kappa shape index (κ3) is 2.63. The Kier molecular flexibility index (Phi) is 3.73. The number of pyridine rings is 1. The van der Waals surface area contributed by atoms with Crippen LogP contribution in [-0.4, -0.2) is 4.98 Å². The molecule has 2 nitrogen and oxygen atoms in total. The van der Waals surface area contributed by atoms with Gasteiger partial charge in [-0.15, -0.1) is 0 Å². The van der Waals surface area contributed by atoms with E-state index in [4.69, 9.17) is 4.74 Å². The topological polar surface area (TPSA) is 22.1 Å². The van der Waals surface area contributed by atoms with Crippen molar-refractivity contribution >= 4 is 16.5 Å². The summed E-state index contributed by atoms with van der Waals surface area (Å²) in [5.41, 5.74) is 0.444. The van der Waals surface area contributed by atoms with Crippen molar-refractivity contribution in [1.29, 1.82) is 0 Å². The number of rotatable bonds is 3. The molecule has 3 aromatic rings. The Labute approximate surface area is 128 Å². The second-order valence-electron chi connectivity index (χ2n) is 4.70. The molecular formula is C17H9F4NO. The summed E-state index contributed by atoms with van der Waals surface area (Å²) in [7, 11) is 0. The van der Waals surface area contributed by atoms with Gasteiger partial charge in [0.25, 0.3) is 11.9 Å². The van der Waals surface area contributed by atoms with Gasteiger partial charge < -0.3 is 4.74 Å². The lowest BCUT2D eigenvalue weighted by Crippen LogP contribution is -2.05. The minimum Gasteiger partial charge on any atom is -0.451 e.